The molecule has 1 aliphatic heterocycles. The first kappa shape index (κ1) is 19.0. The minimum absolute atomic E-state index is 0.00145. The minimum atomic E-state index is -0.986. The highest BCUT2D eigenvalue weighted by Crippen LogP contribution is 2.38. The van der Waals surface area contributed by atoms with Crippen LogP contribution < -0.4 is 0 Å². The lowest BCUT2D eigenvalue weighted by Crippen LogP contribution is -2.40. The Balaban J connectivity index is 1.70. The van der Waals surface area contributed by atoms with Crippen molar-refractivity contribution in [2.45, 2.75) is 38.1 Å². The molecule has 28 heavy (non-hydrogen) atoms. The number of aliphatic imine (C=N–C) groups is 1. The maximum Gasteiger partial charge on any atom is 0.335 e. The van der Waals surface area contributed by atoms with Crippen molar-refractivity contribution >= 4 is 51.9 Å². The van der Waals surface area contributed by atoms with E-state index in [1.165, 1.54) is 18.2 Å². The van der Waals surface area contributed by atoms with Crippen LogP contribution in [-0.4, -0.2) is 33.1 Å². The molecule has 0 bridgehead atoms. The molecule has 1 aliphatic carbocycles. The smallest absolute Gasteiger partial charge is 0.335 e. The maximum absolute atomic E-state index is 13.2. The van der Waals surface area contributed by atoms with Crippen LogP contribution >= 0.6 is 23.1 Å². The molecule has 1 saturated heterocycles. The Bertz CT molecular complexity index is 944. The Labute approximate surface area is 171 Å². The van der Waals surface area contributed by atoms with Crippen LogP contribution in [0.3, 0.4) is 0 Å². The second kappa shape index (κ2) is 8.32. The third-order valence-corrected chi connectivity index (χ3v) is 6.71. The van der Waals surface area contributed by atoms with Crippen molar-refractivity contribution < 1.29 is 14.7 Å². The molecule has 2 fully saturated rings. The van der Waals surface area contributed by atoms with Crippen LogP contribution in [0.25, 0.3) is 6.08 Å². The average Bonchev–Trinajstić information content (AvgIpc) is 3.31. The van der Waals surface area contributed by atoms with Gasteiger partial charge < -0.3 is 5.11 Å². The van der Waals surface area contributed by atoms with Gasteiger partial charge in [0, 0.05) is 10.9 Å². The molecule has 1 aromatic heterocycles. The van der Waals surface area contributed by atoms with Crippen molar-refractivity contribution in [3.63, 3.8) is 0 Å². The first-order valence-corrected chi connectivity index (χ1v) is 11.0. The molecular weight excluding hydrogens is 392 g/mol. The summed E-state index contributed by atoms with van der Waals surface area (Å²) >= 11 is 2.97. The van der Waals surface area contributed by atoms with Gasteiger partial charge in [-0.1, -0.05) is 31.4 Å². The predicted octanol–water partition coefficient (Wildman–Crippen LogP) is 5.38. The van der Waals surface area contributed by atoms with Gasteiger partial charge >= 0.3 is 5.97 Å². The number of rotatable bonds is 4. The fourth-order valence-electron chi connectivity index (χ4n) is 3.55. The Morgan fingerprint density at radius 1 is 1.18 bits per heavy atom. The van der Waals surface area contributed by atoms with Crippen molar-refractivity contribution in [3.8, 4) is 0 Å². The zero-order chi connectivity index (χ0) is 19.5. The topological polar surface area (TPSA) is 70.0 Å². The van der Waals surface area contributed by atoms with Gasteiger partial charge in [-0.05, 0) is 60.3 Å². The van der Waals surface area contributed by atoms with Gasteiger partial charge in [-0.2, -0.15) is 0 Å². The Morgan fingerprint density at radius 2 is 2.00 bits per heavy atom. The highest BCUT2D eigenvalue weighted by Gasteiger charge is 2.38. The van der Waals surface area contributed by atoms with Crippen LogP contribution in [0, 0.1) is 0 Å². The van der Waals surface area contributed by atoms with E-state index in [2.05, 4.69) is 4.99 Å². The summed E-state index contributed by atoms with van der Waals surface area (Å²) in [7, 11) is 0. The van der Waals surface area contributed by atoms with E-state index in [0.717, 1.165) is 30.6 Å². The molecule has 2 aromatic rings. The third kappa shape index (κ3) is 4.05. The molecule has 4 rings (SSSR count). The summed E-state index contributed by atoms with van der Waals surface area (Å²) in [5.74, 6) is -0.988. The first-order chi connectivity index (χ1) is 13.6. The van der Waals surface area contributed by atoms with E-state index in [9.17, 15) is 14.7 Å². The van der Waals surface area contributed by atoms with Crippen LogP contribution in [0.15, 0.2) is 51.7 Å². The number of hydrogen-bond donors (Lipinski definition) is 1. The fraction of sp³-hybridized carbons (Fsp3) is 0.286. The van der Waals surface area contributed by atoms with Crippen LogP contribution in [0.4, 0.5) is 5.69 Å². The standard InChI is InChI=1S/C21H20N2O3S2/c24-19-18(13-17-10-5-11-27-17)28-21(23(19)16-8-2-1-3-9-16)22-15-7-4-6-14(12-15)20(25)26/h4-7,10-13,16H,1-3,8-9H2,(H,25,26)/b18-13+,22-21?. The number of carbonyl (C=O) groups is 2. The molecule has 144 valence electrons. The van der Waals surface area contributed by atoms with E-state index in [1.807, 2.05) is 28.5 Å². The zero-order valence-corrected chi connectivity index (χ0v) is 16.8. The maximum atomic E-state index is 13.2. The van der Waals surface area contributed by atoms with Crippen LogP contribution in [-0.2, 0) is 4.79 Å². The van der Waals surface area contributed by atoms with Gasteiger partial charge in [-0.25, -0.2) is 9.79 Å². The van der Waals surface area contributed by atoms with Crippen molar-refractivity contribution in [3.05, 3.63) is 57.1 Å². The number of benzene rings is 1. The second-order valence-corrected chi connectivity index (χ2v) is 8.83. The van der Waals surface area contributed by atoms with Crippen molar-refractivity contribution in [2.75, 3.05) is 0 Å². The molecule has 0 spiro atoms. The van der Waals surface area contributed by atoms with E-state index >= 15 is 0 Å². The molecule has 7 heteroatoms. The number of aromatic carboxylic acids is 1. The lowest BCUT2D eigenvalue weighted by atomic mass is 9.94. The Kier molecular flexibility index (Phi) is 5.64. The third-order valence-electron chi connectivity index (χ3n) is 4.91. The monoisotopic (exact) mass is 412 g/mol. The Hall–Kier alpha value is -2.38. The molecule has 1 saturated carbocycles. The lowest BCUT2D eigenvalue weighted by molar-refractivity contribution is -0.124. The van der Waals surface area contributed by atoms with E-state index in [-0.39, 0.29) is 17.5 Å². The molecular formula is C21H20N2O3S2. The largest absolute Gasteiger partial charge is 0.478 e. The number of carbonyl (C=O) groups excluding carboxylic acids is 1. The number of carboxylic acid groups (broad SMARTS) is 1. The second-order valence-electron chi connectivity index (χ2n) is 6.84. The molecule has 0 unspecified atom stereocenters. The number of carboxylic acids is 1. The Morgan fingerprint density at radius 3 is 2.71 bits per heavy atom. The van der Waals surface area contributed by atoms with E-state index < -0.39 is 5.97 Å². The van der Waals surface area contributed by atoms with Crippen LogP contribution in [0.5, 0.6) is 0 Å². The summed E-state index contributed by atoms with van der Waals surface area (Å²) in [5.41, 5.74) is 0.739. The summed E-state index contributed by atoms with van der Waals surface area (Å²) in [6.07, 6.45) is 7.32. The van der Waals surface area contributed by atoms with Crippen molar-refractivity contribution in [1.29, 1.82) is 0 Å². The van der Waals surface area contributed by atoms with E-state index in [0.29, 0.717) is 15.8 Å². The van der Waals surface area contributed by atoms with Gasteiger partial charge in [0.2, 0.25) is 0 Å². The molecule has 1 N–H and O–H groups in total. The average molecular weight is 413 g/mol. The van der Waals surface area contributed by atoms with E-state index in [1.54, 1.807) is 35.6 Å². The zero-order valence-electron chi connectivity index (χ0n) is 15.2. The summed E-state index contributed by atoms with van der Waals surface area (Å²) in [6.45, 7) is 0. The van der Waals surface area contributed by atoms with E-state index in [4.69, 9.17) is 0 Å². The summed E-state index contributed by atoms with van der Waals surface area (Å²) < 4.78 is 0. The minimum Gasteiger partial charge on any atom is -0.478 e. The lowest BCUT2D eigenvalue weighted by Gasteiger charge is -2.30. The van der Waals surface area contributed by atoms with Gasteiger partial charge in [0.25, 0.3) is 5.91 Å². The van der Waals surface area contributed by atoms with Crippen molar-refractivity contribution in [2.24, 2.45) is 4.99 Å². The molecule has 1 amide bonds. The number of hydrogen-bond acceptors (Lipinski definition) is 5. The molecule has 0 atom stereocenters. The molecule has 2 aliphatic rings. The van der Waals surface area contributed by atoms with Crippen molar-refractivity contribution in [1.82, 2.24) is 4.90 Å². The molecule has 0 radical (unpaired) electrons. The summed E-state index contributed by atoms with van der Waals surface area (Å²) in [4.78, 5) is 32.6. The van der Waals surface area contributed by atoms with Gasteiger partial charge in [0.05, 0.1) is 16.2 Å². The number of thioether (sulfide) groups is 1. The number of amidine groups is 1. The number of thiophene rings is 1. The van der Waals surface area contributed by atoms with Crippen LogP contribution in [0.1, 0.15) is 47.3 Å². The van der Waals surface area contributed by atoms with Gasteiger partial charge in [-0.3, -0.25) is 9.69 Å². The predicted molar refractivity (Wildman–Crippen MR) is 114 cm³/mol. The normalized spacial score (nSPS) is 21.0. The fourth-order valence-corrected chi connectivity index (χ4v) is 5.33. The van der Waals surface area contributed by atoms with Gasteiger partial charge in [0.15, 0.2) is 5.17 Å². The molecule has 1 aromatic carbocycles. The van der Waals surface area contributed by atoms with Crippen LogP contribution in [0.2, 0.25) is 0 Å². The highest BCUT2D eigenvalue weighted by molar-refractivity contribution is 8.18. The number of amides is 1. The first-order valence-electron chi connectivity index (χ1n) is 9.30. The SMILES string of the molecule is O=C(O)c1cccc(N=C2S/C(=C/c3cccs3)C(=O)N2C2CCCCC2)c1. The highest BCUT2D eigenvalue weighted by atomic mass is 32.2. The molecule has 2 heterocycles. The molecule has 5 nitrogen and oxygen atoms in total. The van der Waals surface area contributed by atoms with Gasteiger partial charge in [0.1, 0.15) is 0 Å². The van der Waals surface area contributed by atoms with Gasteiger partial charge in [-0.15, -0.1) is 11.3 Å². The number of nitrogens with zero attached hydrogens (tertiary/aromatic N) is 2. The summed E-state index contributed by atoms with van der Waals surface area (Å²) in [6, 6.07) is 10.6. The quantitative estimate of drug-likeness (QED) is 0.684. The summed E-state index contributed by atoms with van der Waals surface area (Å²) in [5, 5.41) is 11.9.